The molecule has 7 aromatic rings. The molecule has 7 aliphatic heterocycles. The van der Waals surface area contributed by atoms with Crippen LogP contribution in [0.1, 0.15) is 276 Å². The quantitative estimate of drug-likeness (QED) is 0.0170. The number of aromatic nitrogens is 7. The van der Waals surface area contributed by atoms with Gasteiger partial charge < -0.3 is 85.7 Å². The van der Waals surface area contributed by atoms with Gasteiger partial charge in [-0.3, -0.25) is 34.9 Å². The molecule has 14 fully saturated rings. The molecule has 716 valence electrons. The van der Waals surface area contributed by atoms with Crippen LogP contribution in [0.15, 0.2) is 129 Å². The molecular formula is C107H158N14O10. The van der Waals surface area contributed by atoms with Gasteiger partial charge in [0.2, 0.25) is 0 Å². The lowest BCUT2D eigenvalue weighted by Crippen LogP contribution is -2.46. The molecule has 24 heteroatoms. The van der Waals surface area contributed by atoms with E-state index in [1.807, 2.05) is 68.2 Å². The van der Waals surface area contributed by atoms with Gasteiger partial charge in [0, 0.05) is 105 Å². The van der Waals surface area contributed by atoms with Crippen molar-refractivity contribution in [1.29, 1.82) is 0 Å². The summed E-state index contributed by atoms with van der Waals surface area (Å²) < 4.78 is 40.5. The number of hydrogen-bond acceptors (Lipinski definition) is 24. The van der Waals surface area contributed by atoms with E-state index in [0.29, 0.717) is 68.0 Å². The molecule has 0 radical (unpaired) electrons. The molecule has 0 aromatic carbocycles. The van der Waals surface area contributed by atoms with Gasteiger partial charge in [0.05, 0.1) is 43.4 Å². The third-order valence-electron chi connectivity index (χ3n) is 29.6. The topological polar surface area (TPSA) is 300 Å². The summed E-state index contributed by atoms with van der Waals surface area (Å²) in [5.74, 6) is 17.5. The predicted molar refractivity (Wildman–Crippen MR) is 516 cm³/mol. The van der Waals surface area contributed by atoms with Crippen LogP contribution in [-0.4, -0.2) is 204 Å². The summed E-state index contributed by atoms with van der Waals surface area (Å²) in [5, 5.41) is 49.9. The molecule has 7 saturated heterocycles. The average molecular weight is 1800 g/mol. The van der Waals surface area contributed by atoms with E-state index in [-0.39, 0.29) is 0 Å². The van der Waals surface area contributed by atoms with E-state index in [4.69, 9.17) is 48.5 Å². The number of nitrogens with zero attached hydrogens (tertiary/aromatic N) is 7. The minimum atomic E-state index is 0.305. The van der Waals surface area contributed by atoms with Crippen LogP contribution in [-0.2, 0) is 12.8 Å². The van der Waals surface area contributed by atoms with Crippen LogP contribution in [0, 0.1) is 53.3 Å². The Kier molecular flexibility index (Phi) is 38.7. The fourth-order valence-electron chi connectivity index (χ4n) is 19.6. The molecule has 24 nitrogen and oxygen atoms in total. The van der Waals surface area contributed by atoms with Gasteiger partial charge in [-0.05, 0) is 351 Å². The highest BCUT2D eigenvalue weighted by Crippen LogP contribution is 2.55. The highest BCUT2D eigenvalue weighted by molar-refractivity contribution is 5.35. The van der Waals surface area contributed by atoms with Crippen molar-refractivity contribution in [2.75, 3.05) is 112 Å². The van der Waals surface area contributed by atoms with E-state index in [1.54, 1.807) is 18.6 Å². The lowest BCUT2D eigenvalue weighted by Gasteiger charge is -2.27. The van der Waals surface area contributed by atoms with Crippen LogP contribution in [0.2, 0.25) is 0 Å². The van der Waals surface area contributed by atoms with E-state index < -0.39 is 0 Å². The monoisotopic (exact) mass is 1800 g/mol. The Morgan fingerprint density at radius 1 is 0.244 bits per heavy atom. The minimum Gasteiger partial charge on any atom is -0.490 e. The van der Waals surface area contributed by atoms with Crippen LogP contribution < -0.4 is 70.4 Å². The molecular weight excluding hydrogens is 1640 g/mol. The van der Waals surface area contributed by atoms with Crippen LogP contribution in [0.3, 0.4) is 0 Å². The average Bonchev–Trinajstić information content (AvgIpc) is 1.68. The summed E-state index contributed by atoms with van der Waals surface area (Å²) in [6, 6.07) is 18.9. The molecule has 21 rings (SSSR count). The van der Waals surface area contributed by atoms with Gasteiger partial charge in [-0.2, -0.15) is 0 Å². The minimum absolute atomic E-state index is 0.305. The van der Waals surface area contributed by atoms with E-state index in [2.05, 4.69) is 142 Å². The normalized spacial score (nSPS) is 29.0. The van der Waals surface area contributed by atoms with Gasteiger partial charge in [0.25, 0.3) is 0 Å². The van der Waals surface area contributed by atoms with E-state index >= 15 is 0 Å². The van der Waals surface area contributed by atoms with Crippen molar-refractivity contribution in [2.45, 2.75) is 292 Å². The number of pyridine rings is 7. The van der Waals surface area contributed by atoms with Gasteiger partial charge in [-0.1, -0.05) is 79.1 Å². The highest BCUT2D eigenvalue weighted by Gasteiger charge is 2.43. The van der Waals surface area contributed by atoms with Gasteiger partial charge in [-0.15, -0.1) is 0 Å². The summed E-state index contributed by atoms with van der Waals surface area (Å²) >= 11 is 0. The molecule has 0 bridgehead atoms. The van der Waals surface area contributed by atoms with Crippen molar-refractivity contribution in [3.63, 3.8) is 0 Å². The van der Waals surface area contributed by atoms with Crippen molar-refractivity contribution in [2.24, 2.45) is 53.3 Å². The Bertz CT molecular complexity index is 4060. The smallest absolute Gasteiger partial charge is 0.137 e. The zero-order valence-electron chi connectivity index (χ0n) is 79.3. The second-order valence-electron chi connectivity index (χ2n) is 40.3. The molecule has 0 spiro atoms. The first-order valence-electron chi connectivity index (χ1n) is 51.5. The lowest BCUT2D eigenvalue weighted by atomic mass is 10.1. The van der Waals surface area contributed by atoms with Crippen LogP contribution in [0.25, 0.3) is 0 Å². The van der Waals surface area contributed by atoms with Crippen molar-refractivity contribution in [1.82, 2.24) is 72.1 Å². The van der Waals surface area contributed by atoms with Crippen LogP contribution >= 0.6 is 0 Å². The summed E-state index contributed by atoms with van der Waals surface area (Å²) in [7, 11) is 0. The third-order valence-corrected chi connectivity index (χ3v) is 29.6. The number of hydrogen-bond donors (Lipinski definition) is 10. The van der Waals surface area contributed by atoms with Gasteiger partial charge in [-0.25, -0.2) is 0 Å². The summed E-state index contributed by atoms with van der Waals surface area (Å²) in [6.07, 6.45) is 63.4. The molecule has 7 aliphatic carbocycles. The number of rotatable bonds is 47. The largest absolute Gasteiger partial charge is 0.490 e. The molecule has 7 aromatic heterocycles. The predicted octanol–water partition coefficient (Wildman–Crippen LogP) is 16.1. The zero-order valence-corrected chi connectivity index (χ0v) is 79.3. The standard InChI is InChI=1S/2C16H24N2O2.C15H22N2O2.4C15H22N2O/c2*19-5-1-2-13-8-14(13)6-12-7-16(10-17-9-12)20-11-15-3-4-18-15;18-5-1-2-11-7-15(11)12-6-14(9-16-8-12)19-10-13-3-4-17-13;4*1-2-3-11-7-15(11)12-6-14(9-16-8-12)18-10-13-4-5-17-13/h2*7,9-10,13-15,18-19H,1-6,8,11H2;6,8-9,11,13,15,17-18H,1-5,7,10H2;4*6,8-9,11,13,15,17H,2-5,7,10H2,1H3/t13?,14-,15-;13-,14-,15+;11-,13-,15?;11-,13+,15?;11-,13+,15+;11-,13-,15+;11-,13-,15-/m0101100/s1. The molecule has 131 heavy (non-hydrogen) atoms. The Balaban J connectivity index is 0.000000117. The Morgan fingerprint density at radius 3 is 0.641 bits per heavy atom. The van der Waals surface area contributed by atoms with E-state index in [9.17, 15) is 0 Å². The van der Waals surface area contributed by atoms with Crippen molar-refractivity contribution in [3.05, 3.63) is 168 Å². The van der Waals surface area contributed by atoms with Crippen molar-refractivity contribution in [3.8, 4) is 40.2 Å². The van der Waals surface area contributed by atoms with Gasteiger partial charge >= 0.3 is 0 Å². The first-order chi connectivity index (χ1) is 64.5. The van der Waals surface area contributed by atoms with E-state index in [0.717, 1.165) is 261 Å². The molecule has 14 aliphatic rings. The van der Waals surface area contributed by atoms with Crippen molar-refractivity contribution >= 4 is 0 Å². The number of ether oxygens (including phenoxy) is 7. The maximum absolute atomic E-state index is 8.86. The van der Waals surface area contributed by atoms with E-state index in [1.165, 1.54) is 180 Å². The molecule has 21 atom stereocenters. The Hall–Kier alpha value is -7.75. The molecule has 10 N–H and O–H groups in total. The van der Waals surface area contributed by atoms with Crippen LogP contribution in [0.4, 0.5) is 0 Å². The van der Waals surface area contributed by atoms with Gasteiger partial charge in [0.1, 0.15) is 86.5 Å². The SMILES string of the molecule is CCC[C@@H]1CC1c1cncc(OC[C@@H]2CCN2)c1.CCC[C@@H]1C[C@@H]1c1cncc(OC[C@@H]2CCN2)c1.CCC[C@H]1C[C@@H]1c1cncc(OC[C@@H]2CCN2)c1.CCC[C@H]1C[C@H]1c1cncc(OC[C@@H]2CCN2)c1.OCCCC1C[C@@H]1Cc1cncc(OC[C@@H]2CCN2)c1.OCCC[C@@H]1C[C@H]1Cc1cncc(OC[C@@H]2CCN2)c1.OCCC[C@H]1CC1c1cncc(OC[C@@H]2CCN2)c1. The van der Waals surface area contributed by atoms with Crippen molar-refractivity contribution < 1.29 is 48.5 Å². The summed E-state index contributed by atoms with van der Waals surface area (Å²) in [5.41, 5.74) is 9.32. The number of aliphatic hydroxyl groups excluding tert-OH is 3. The zero-order chi connectivity index (χ0) is 90.1. The first-order valence-corrected chi connectivity index (χ1v) is 51.5. The molecule has 14 heterocycles. The molecule has 3 unspecified atom stereocenters. The second-order valence-corrected chi connectivity index (χ2v) is 40.3. The molecule has 0 amide bonds. The fraction of sp³-hybridized carbons (Fsp3) is 0.673. The fourth-order valence-corrected chi connectivity index (χ4v) is 19.6. The second kappa shape index (κ2) is 51.8. The Labute approximate surface area is 782 Å². The summed E-state index contributed by atoms with van der Waals surface area (Å²) in [4.78, 5) is 30.1. The maximum atomic E-state index is 8.86. The maximum Gasteiger partial charge on any atom is 0.137 e. The van der Waals surface area contributed by atoms with Crippen LogP contribution in [0.5, 0.6) is 40.2 Å². The Morgan fingerprint density at radius 2 is 0.443 bits per heavy atom. The number of aliphatic hydroxyl groups is 3. The highest BCUT2D eigenvalue weighted by atomic mass is 16.5. The number of nitrogens with one attached hydrogen (secondary N) is 7. The lowest BCUT2D eigenvalue weighted by molar-refractivity contribution is 0.216. The third kappa shape index (κ3) is 32.5. The first kappa shape index (κ1) is 97.8. The molecule has 7 saturated carbocycles. The van der Waals surface area contributed by atoms with Gasteiger partial charge in [0.15, 0.2) is 0 Å². The summed E-state index contributed by atoms with van der Waals surface area (Å²) in [6.45, 7) is 23.2.